The lowest BCUT2D eigenvalue weighted by molar-refractivity contribution is -0.139. The van der Waals surface area contributed by atoms with Crippen LogP contribution < -0.4 is 5.32 Å². The Bertz CT molecular complexity index is 1070. The number of hydrogen-bond donors (Lipinski definition) is 1. The smallest absolute Gasteiger partial charge is 0.243 e. The third kappa shape index (κ3) is 6.73. The van der Waals surface area contributed by atoms with Gasteiger partial charge in [0.25, 0.3) is 0 Å². The van der Waals surface area contributed by atoms with E-state index in [0.29, 0.717) is 28.0 Å². The Labute approximate surface area is 203 Å². The van der Waals surface area contributed by atoms with Crippen LogP contribution in [0.1, 0.15) is 23.6 Å². The van der Waals surface area contributed by atoms with Crippen molar-refractivity contribution in [2.45, 2.75) is 32.5 Å². The minimum atomic E-state index is -0.698. The Balaban J connectivity index is 1.83. The highest BCUT2D eigenvalue weighted by Gasteiger charge is 2.28. The maximum atomic E-state index is 13.3. The zero-order valence-corrected chi connectivity index (χ0v) is 19.8. The van der Waals surface area contributed by atoms with E-state index in [1.54, 1.807) is 35.2 Å². The molecule has 0 heterocycles. The predicted molar refractivity (Wildman–Crippen MR) is 130 cm³/mol. The molecule has 0 aliphatic rings. The molecule has 0 aromatic heterocycles. The van der Waals surface area contributed by atoms with E-state index in [9.17, 15) is 9.59 Å². The van der Waals surface area contributed by atoms with Crippen LogP contribution in [0.4, 0.5) is 0 Å². The van der Waals surface area contributed by atoms with Crippen molar-refractivity contribution in [2.24, 2.45) is 0 Å². The number of carbonyl (C=O) groups is 2. The number of carbonyl (C=O) groups excluding carboxylic acids is 2. The van der Waals surface area contributed by atoms with Gasteiger partial charge in [-0.25, -0.2) is 0 Å². The van der Waals surface area contributed by atoms with Gasteiger partial charge in [-0.05, 0) is 41.0 Å². The minimum Gasteiger partial charge on any atom is -0.350 e. The van der Waals surface area contributed by atoms with E-state index >= 15 is 0 Å². The molecule has 0 aliphatic carbocycles. The highest BCUT2D eigenvalue weighted by molar-refractivity contribution is 6.35. The second-order valence-corrected chi connectivity index (χ2v) is 8.71. The second-order valence-electron chi connectivity index (χ2n) is 7.43. The summed E-state index contributed by atoms with van der Waals surface area (Å²) >= 11 is 18.2. The Kier molecular flexibility index (Phi) is 8.57. The number of amides is 2. The molecule has 32 heavy (non-hydrogen) atoms. The quantitative estimate of drug-likeness (QED) is 0.427. The van der Waals surface area contributed by atoms with Gasteiger partial charge in [0.05, 0.1) is 0 Å². The first-order valence-electron chi connectivity index (χ1n) is 10.1. The molecular formula is C25H23Cl3N2O2. The summed E-state index contributed by atoms with van der Waals surface area (Å²) in [7, 11) is 0. The average molecular weight is 490 g/mol. The molecular weight excluding hydrogens is 467 g/mol. The molecule has 3 aromatic carbocycles. The van der Waals surface area contributed by atoms with Crippen LogP contribution in [-0.2, 0) is 29.1 Å². The van der Waals surface area contributed by atoms with E-state index in [0.717, 1.165) is 16.7 Å². The molecule has 1 N–H and O–H groups in total. The summed E-state index contributed by atoms with van der Waals surface area (Å²) in [5.41, 5.74) is 2.59. The molecule has 3 aromatic rings. The maximum absolute atomic E-state index is 13.3. The largest absolute Gasteiger partial charge is 0.350 e. The van der Waals surface area contributed by atoms with E-state index in [-0.39, 0.29) is 18.4 Å². The molecule has 4 nitrogen and oxygen atoms in total. The van der Waals surface area contributed by atoms with Crippen molar-refractivity contribution in [3.63, 3.8) is 0 Å². The van der Waals surface area contributed by atoms with Crippen LogP contribution in [0.5, 0.6) is 0 Å². The zero-order chi connectivity index (χ0) is 23.1. The zero-order valence-electron chi connectivity index (χ0n) is 17.5. The van der Waals surface area contributed by atoms with E-state index in [4.69, 9.17) is 34.8 Å². The van der Waals surface area contributed by atoms with Crippen LogP contribution in [0.3, 0.4) is 0 Å². The summed E-state index contributed by atoms with van der Waals surface area (Å²) in [6.45, 7) is 1.99. The molecule has 0 saturated heterocycles. The first-order chi connectivity index (χ1) is 15.3. The van der Waals surface area contributed by atoms with Gasteiger partial charge in [0.1, 0.15) is 6.04 Å². The molecule has 0 saturated carbocycles. The van der Waals surface area contributed by atoms with Crippen LogP contribution >= 0.6 is 34.8 Å². The number of halogens is 3. The molecule has 166 valence electrons. The van der Waals surface area contributed by atoms with Crippen molar-refractivity contribution in [1.82, 2.24) is 10.2 Å². The van der Waals surface area contributed by atoms with Gasteiger partial charge in [0, 0.05) is 41.5 Å². The van der Waals surface area contributed by atoms with Crippen molar-refractivity contribution >= 4 is 46.6 Å². The Morgan fingerprint density at radius 1 is 0.875 bits per heavy atom. The topological polar surface area (TPSA) is 49.4 Å². The number of benzene rings is 3. The second kappa shape index (κ2) is 11.4. The van der Waals surface area contributed by atoms with Gasteiger partial charge in [0.2, 0.25) is 11.8 Å². The molecule has 1 atom stereocenters. The predicted octanol–water partition coefficient (Wildman–Crippen LogP) is 5.92. The Hall–Kier alpha value is -2.53. The molecule has 0 bridgehead atoms. The molecule has 0 fully saturated rings. The van der Waals surface area contributed by atoms with Crippen LogP contribution in [0, 0.1) is 0 Å². The van der Waals surface area contributed by atoms with Crippen LogP contribution in [0.2, 0.25) is 15.1 Å². The van der Waals surface area contributed by atoms with Crippen molar-refractivity contribution in [3.05, 3.63) is 105 Å². The van der Waals surface area contributed by atoms with E-state index in [2.05, 4.69) is 5.32 Å². The highest BCUT2D eigenvalue weighted by Crippen LogP contribution is 2.21. The third-order valence-corrected chi connectivity index (χ3v) is 5.93. The van der Waals surface area contributed by atoms with Crippen molar-refractivity contribution in [2.75, 3.05) is 0 Å². The molecule has 7 heteroatoms. The van der Waals surface area contributed by atoms with Gasteiger partial charge in [-0.1, -0.05) is 83.3 Å². The molecule has 0 unspecified atom stereocenters. The number of nitrogens with zero attached hydrogens (tertiary/aromatic N) is 1. The number of hydrogen-bond acceptors (Lipinski definition) is 2. The lowest BCUT2D eigenvalue weighted by atomic mass is 10.0. The van der Waals surface area contributed by atoms with Gasteiger partial charge in [0.15, 0.2) is 0 Å². The summed E-state index contributed by atoms with van der Waals surface area (Å²) in [6.07, 6.45) is 0.383. The van der Waals surface area contributed by atoms with E-state index in [1.165, 1.54) is 6.92 Å². The van der Waals surface area contributed by atoms with Gasteiger partial charge < -0.3 is 10.2 Å². The minimum absolute atomic E-state index is 0.194. The Morgan fingerprint density at radius 2 is 1.53 bits per heavy atom. The van der Waals surface area contributed by atoms with Gasteiger partial charge in [-0.3, -0.25) is 9.59 Å². The summed E-state index contributed by atoms with van der Waals surface area (Å²) in [5.74, 6) is -0.454. The highest BCUT2D eigenvalue weighted by atomic mass is 35.5. The number of rotatable bonds is 8. The molecule has 0 spiro atoms. The van der Waals surface area contributed by atoms with Crippen LogP contribution in [-0.4, -0.2) is 22.8 Å². The SMILES string of the molecule is CC(=O)N(Cc1ccc(Cl)cc1)[C@H](Cc1ccccc1)C(=O)NCc1ccc(Cl)cc1Cl. The third-order valence-electron chi connectivity index (χ3n) is 5.09. The summed E-state index contributed by atoms with van der Waals surface area (Å²) in [6, 6.07) is 21.3. The fourth-order valence-corrected chi connectivity index (χ4v) is 3.98. The molecule has 3 rings (SSSR count). The summed E-state index contributed by atoms with van der Waals surface area (Å²) in [4.78, 5) is 27.5. The fraction of sp³-hybridized carbons (Fsp3) is 0.200. The lowest BCUT2D eigenvalue weighted by Gasteiger charge is -2.30. The monoisotopic (exact) mass is 488 g/mol. The van der Waals surface area contributed by atoms with Crippen LogP contribution in [0.15, 0.2) is 72.8 Å². The fourth-order valence-electron chi connectivity index (χ4n) is 3.37. The van der Waals surface area contributed by atoms with Crippen LogP contribution in [0.25, 0.3) is 0 Å². The van der Waals surface area contributed by atoms with Gasteiger partial charge >= 0.3 is 0 Å². The van der Waals surface area contributed by atoms with Crippen molar-refractivity contribution in [1.29, 1.82) is 0 Å². The van der Waals surface area contributed by atoms with Gasteiger partial charge in [-0.15, -0.1) is 0 Å². The van der Waals surface area contributed by atoms with E-state index in [1.807, 2.05) is 42.5 Å². The first kappa shape index (κ1) is 24.1. The standard InChI is InChI=1S/C25H23Cl3N2O2/c1-17(31)30(16-19-7-10-21(26)11-8-19)24(13-18-5-3-2-4-6-18)25(32)29-15-20-9-12-22(27)14-23(20)28/h2-12,14,24H,13,15-16H2,1H3,(H,29,32)/t24-/m1/s1. The van der Waals surface area contributed by atoms with Crippen molar-refractivity contribution < 1.29 is 9.59 Å². The first-order valence-corrected chi connectivity index (χ1v) is 11.2. The lowest BCUT2D eigenvalue weighted by Crippen LogP contribution is -2.49. The maximum Gasteiger partial charge on any atom is 0.243 e. The van der Waals surface area contributed by atoms with E-state index < -0.39 is 6.04 Å². The Morgan fingerprint density at radius 3 is 2.16 bits per heavy atom. The summed E-state index contributed by atoms with van der Waals surface area (Å²) in [5, 5.41) is 4.54. The molecule has 2 amide bonds. The molecule has 0 aliphatic heterocycles. The molecule has 0 radical (unpaired) electrons. The normalized spacial score (nSPS) is 11.6. The van der Waals surface area contributed by atoms with Gasteiger partial charge in [-0.2, -0.15) is 0 Å². The average Bonchev–Trinajstić information content (AvgIpc) is 2.77. The number of nitrogens with one attached hydrogen (secondary N) is 1. The van der Waals surface area contributed by atoms with Crippen molar-refractivity contribution in [3.8, 4) is 0 Å². The summed E-state index contributed by atoms with van der Waals surface area (Å²) < 4.78 is 0.